The van der Waals surface area contributed by atoms with Crippen molar-refractivity contribution in [1.82, 2.24) is 0 Å². The van der Waals surface area contributed by atoms with Gasteiger partial charge in [0.2, 0.25) is 0 Å². The van der Waals surface area contributed by atoms with Crippen LogP contribution in [-0.4, -0.2) is 52.4 Å². The first-order chi connectivity index (χ1) is 16.5. The van der Waals surface area contributed by atoms with Crippen LogP contribution in [0.25, 0.3) is 0 Å². The van der Waals surface area contributed by atoms with Crippen molar-refractivity contribution in [2.75, 3.05) is 30.0 Å². The van der Waals surface area contributed by atoms with Crippen molar-refractivity contribution >= 4 is 31.1 Å². The molecule has 0 saturated heterocycles. The number of rotatable bonds is 11. The number of aryl methyl sites for hydroxylation is 2. The molecule has 3 aromatic carbocycles. The van der Waals surface area contributed by atoms with Crippen molar-refractivity contribution < 1.29 is 26.7 Å². The second kappa shape index (κ2) is 11.2. The van der Waals surface area contributed by atoms with Gasteiger partial charge in [-0.1, -0.05) is 35.4 Å². The van der Waals surface area contributed by atoms with Crippen LogP contribution in [0.5, 0.6) is 0 Å². The molecule has 0 unspecified atom stereocenters. The second-order valence-corrected chi connectivity index (χ2v) is 12.5. The first-order valence-electron chi connectivity index (χ1n) is 11.1. The first-order valence-corrected chi connectivity index (χ1v) is 14.4. The number of nitrogens with one attached hydrogen (secondary N) is 1. The molecular formula is C26H29NO6S2. The maximum absolute atomic E-state index is 13.4. The van der Waals surface area contributed by atoms with E-state index in [4.69, 9.17) is 5.11 Å². The van der Waals surface area contributed by atoms with E-state index < -0.39 is 42.9 Å². The normalized spacial score (nSPS) is 12.0. The lowest BCUT2D eigenvalue weighted by Gasteiger charge is -2.17. The summed E-state index contributed by atoms with van der Waals surface area (Å²) in [6.45, 7) is 3.93. The molecule has 7 nitrogen and oxygen atoms in total. The maximum Gasteiger partial charge on any atom is 0.179 e. The van der Waals surface area contributed by atoms with E-state index in [1.54, 1.807) is 36.4 Å². The van der Waals surface area contributed by atoms with Gasteiger partial charge in [-0.2, -0.15) is 0 Å². The van der Waals surface area contributed by atoms with Crippen molar-refractivity contribution in [1.29, 1.82) is 0 Å². The summed E-state index contributed by atoms with van der Waals surface area (Å²) < 4.78 is 52.6. The lowest BCUT2D eigenvalue weighted by atomic mass is 10.0. The van der Waals surface area contributed by atoms with Crippen LogP contribution in [0.1, 0.15) is 21.5 Å². The van der Waals surface area contributed by atoms with E-state index in [1.165, 1.54) is 36.4 Å². The van der Waals surface area contributed by atoms with Gasteiger partial charge in [-0.15, -0.1) is 0 Å². The van der Waals surface area contributed by atoms with Crippen molar-refractivity contribution in [3.8, 4) is 0 Å². The lowest BCUT2D eigenvalue weighted by Crippen LogP contribution is -2.31. The summed E-state index contributed by atoms with van der Waals surface area (Å²) >= 11 is 0. The zero-order chi connectivity index (χ0) is 25.6. The van der Waals surface area contributed by atoms with Gasteiger partial charge in [-0.25, -0.2) is 16.8 Å². The Morgan fingerprint density at radius 2 is 1.17 bits per heavy atom. The van der Waals surface area contributed by atoms with Gasteiger partial charge in [0, 0.05) is 17.8 Å². The molecule has 0 bridgehead atoms. The fraction of sp³-hybridized carbons (Fsp3) is 0.269. The highest BCUT2D eigenvalue weighted by atomic mass is 32.2. The predicted molar refractivity (Wildman–Crippen MR) is 136 cm³/mol. The Bertz CT molecular complexity index is 1290. The van der Waals surface area contributed by atoms with Gasteiger partial charge in [0.1, 0.15) is 0 Å². The summed E-state index contributed by atoms with van der Waals surface area (Å²) in [7, 11) is -7.87. The van der Waals surface area contributed by atoms with E-state index in [0.717, 1.165) is 11.1 Å². The van der Waals surface area contributed by atoms with E-state index in [0.29, 0.717) is 12.2 Å². The third kappa shape index (κ3) is 7.00. The van der Waals surface area contributed by atoms with E-state index in [-0.39, 0.29) is 22.0 Å². The lowest BCUT2D eigenvalue weighted by molar-refractivity contribution is 0.0942. The highest BCUT2D eigenvalue weighted by molar-refractivity contribution is 7.92. The molecule has 35 heavy (non-hydrogen) atoms. The Labute approximate surface area is 206 Å². The number of Topliss-reactive ketones (excluding diaryl/α,β-unsaturated/α-hetero) is 1. The second-order valence-electron chi connectivity index (χ2n) is 8.48. The number of carbonyl (C=O) groups is 1. The minimum atomic E-state index is -3.94. The van der Waals surface area contributed by atoms with Crippen LogP contribution in [0.3, 0.4) is 0 Å². The summed E-state index contributed by atoms with van der Waals surface area (Å²) in [5, 5.41) is 11.9. The fourth-order valence-corrected chi connectivity index (χ4v) is 6.83. The summed E-state index contributed by atoms with van der Waals surface area (Å²) in [5.41, 5.74) is 2.65. The zero-order valence-electron chi connectivity index (χ0n) is 19.6. The average molecular weight is 516 g/mol. The quantitative estimate of drug-likeness (QED) is 0.376. The molecule has 186 valence electrons. The molecule has 3 aromatic rings. The molecule has 0 amide bonds. The van der Waals surface area contributed by atoms with Gasteiger partial charge in [-0.3, -0.25) is 4.79 Å². The number of benzene rings is 3. The summed E-state index contributed by atoms with van der Waals surface area (Å²) in [4.78, 5) is 13.5. The molecule has 0 aliphatic carbocycles. The zero-order valence-corrected chi connectivity index (χ0v) is 21.3. The van der Waals surface area contributed by atoms with E-state index in [1.807, 2.05) is 13.8 Å². The summed E-state index contributed by atoms with van der Waals surface area (Å²) in [6.07, 6.45) is 0. The molecule has 2 N–H and O–H groups in total. The van der Waals surface area contributed by atoms with Gasteiger partial charge in [-0.05, 0) is 62.4 Å². The van der Waals surface area contributed by atoms with Crippen LogP contribution < -0.4 is 5.32 Å². The number of hydrogen-bond acceptors (Lipinski definition) is 7. The van der Waals surface area contributed by atoms with E-state index in [2.05, 4.69) is 5.32 Å². The molecule has 9 heteroatoms. The van der Waals surface area contributed by atoms with Crippen molar-refractivity contribution in [2.24, 2.45) is 5.92 Å². The largest absolute Gasteiger partial charge is 0.395 e. The number of hydrogen-bond donors (Lipinski definition) is 2. The van der Waals surface area contributed by atoms with Gasteiger partial charge >= 0.3 is 0 Å². The van der Waals surface area contributed by atoms with Crippen LogP contribution in [-0.2, 0) is 19.7 Å². The standard InChI is InChI=1S/C26H29NO6S2/c1-19-3-11-24(12-4-19)34(30,31)17-22(18-35(32,33)25-13-5-20(2)6-14-25)26(29)21-7-9-23(10-8-21)27-15-16-28/h3-14,22,27-28H,15-18H2,1-2H3. The first kappa shape index (κ1) is 26.6. The van der Waals surface area contributed by atoms with Crippen molar-refractivity contribution in [3.05, 3.63) is 89.5 Å². The minimum Gasteiger partial charge on any atom is -0.395 e. The molecule has 0 saturated carbocycles. The minimum absolute atomic E-state index is 0.0391. The molecule has 0 spiro atoms. The average Bonchev–Trinajstić information content (AvgIpc) is 2.82. The van der Waals surface area contributed by atoms with Crippen molar-refractivity contribution in [3.63, 3.8) is 0 Å². The van der Waals surface area contributed by atoms with Gasteiger partial charge in [0.25, 0.3) is 0 Å². The van der Waals surface area contributed by atoms with Gasteiger partial charge in [0.05, 0.1) is 33.8 Å². The fourth-order valence-electron chi connectivity index (χ4n) is 3.60. The Morgan fingerprint density at radius 1 is 0.743 bits per heavy atom. The van der Waals surface area contributed by atoms with Crippen LogP contribution >= 0.6 is 0 Å². The van der Waals surface area contributed by atoms with Crippen LogP contribution in [0.4, 0.5) is 5.69 Å². The molecule has 0 heterocycles. The third-order valence-electron chi connectivity index (χ3n) is 5.58. The van der Waals surface area contributed by atoms with Gasteiger partial charge in [0.15, 0.2) is 25.5 Å². The smallest absolute Gasteiger partial charge is 0.179 e. The number of aliphatic hydroxyl groups excluding tert-OH is 1. The van der Waals surface area contributed by atoms with E-state index in [9.17, 15) is 21.6 Å². The molecule has 0 atom stereocenters. The third-order valence-corrected chi connectivity index (χ3v) is 9.25. The highest BCUT2D eigenvalue weighted by Gasteiger charge is 2.32. The van der Waals surface area contributed by atoms with Gasteiger partial charge < -0.3 is 10.4 Å². The van der Waals surface area contributed by atoms with E-state index >= 15 is 0 Å². The number of ketones is 1. The Balaban J connectivity index is 1.95. The van der Waals surface area contributed by atoms with Crippen molar-refractivity contribution in [2.45, 2.75) is 23.6 Å². The SMILES string of the molecule is Cc1ccc(S(=O)(=O)CC(CS(=O)(=O)c2ccc(C)cc2)C(=O)c2ccc(NCCO)cc2)cc1. The number of anilines is 1. The van der Waals surface area contributed by atoms with Crippen LogP contribution in [0, 0.1) is 19.8 Å². The Hall–Kier alpha value is -3.01. The molecule has 0 aliphatic rings. The molecule has 3 rings (SSSR count). The topological polar surface area (TPSA) is 118 Å². The Kier molecular flexibility index (Phi) is 8.47. The molecule has 0 radical (unpaired) electrons. The summed E-state index contributed by atoms with van der Waals surface area (Å²) in [5.74, 6) is -3.14. The number of carbonyl (C=O) groups excluding carboxylic acids is 1. The molecular weight excluding hydrogens is 486 g/mol. The predicted octanol–water partition coefficient (Wildman–Crippen LogP) is 3.45. The molecule has 0 fully saturated rings. The molecule has 0 aromatic heterocycles. The van der Waals surface area contributed by atoms with Crippen LogP contribution in [0.15, 0.2) is 82.6 Å². The number of sulfone groups is 2. The monoisotopic (exact) mass is 515 g/mol. The maximum atomic E-state index is 13.4. The van der Waals surface area contributed by atoms with Crippen LogP contribution in [0.2, 0.25) is 0 Å². The molecule has 0 aliphatic heterocycles. The highest BCUT2D eigenvalue weighted by Crippen LogP contribution is 2.23. The number of aliphatic hydroxyl groups is 1. The Morgan fingerprint density at radius 3 is 1.57 bits per heavy atom. The summed E-state index contributed by atoms with van der Waals surface area (Å²) in [6, 6.07) is 18.8.